The van der Waals surface area contributed by atoms with Crippen molar-refractivity contribution in [3.8, 4) is 11.5 Å². The highest BCUT2D eigenvalue weighted by molar-refractivity contribution is 7.80. The molecule has 2 rings (SSSR count). The molecule has 0 radical (unpaired) electrons. The molecule has 4 heteroatoms. The molecule has 110 valence electrons. The number of thiocarbonyl (C=S) groups is 1. The Balaban J connectivity index is 1.92. The van der Waals surface area contributed by atoms with Gasteiger partial charge in [0.15, 0.2) is 11.5 Å². The third-order valence-corrected chi connectivity index (χ3v) is 3.44. The summed E-state index contributed by atoms with van der Waals surface area (Å²) in [4.78, 5) is 0.659. The summed E-state index contributed by atoms with van der Waals surface area (Å²) in [5.74, 6) is 0.592. The lowest BCUT2D eigenvalue weighted by atomic mass is 10.1. The molecule has 0 bridgehead atoms. The number of ether oxygens (including phenoxy) is 1. The van der Waals surface area contributed by atoms with Crippen LogP contribution in [0.4, 0.5) is 0 Å². The second kappa shape index (κ2) is 7.64. The van der Waals surface area contributed by atoms with E-state index < -0.39 is 0 Å². The quantitative estimate of drug-likeness (QED) is 0.803. The first-order valence-corrected chi connectivity index (χ1v) is 7.39. The highest BCUT2D eigenvalue weighted by atomic mass is 32.1. The van der Waals surface area contributed by atoms with Crippen molar-refractivity contribution in [1.82, 2.24) is 5.32 Å². The topological polar surface area (TPSA) is 41.5 Å². The van der Waals surface area contributed by atoms with Gasteiger partial charge in [0.05, 0.1) is 6.61 Å². The monoisotopic (exact) mass is 301 g/mol. The summed E-state index contributed by atoms with van der Waals surface area (Å²) in [5, 5.41) is 12.9. The summed E-state index contributed by atoms with van der Waals surface area (Å²) in [5.41, 5.74) is 2.12. The summed E-state index contributed by atoms with van der Waals surface area (Å²) in [6, 6.07) is 15.4. The first-order chi connectivity index (χ1) is 10.2. The fourth-order valence-corrected chi connectivity index (χ4v) is 2.22. The van der Waals surface area contributed by atoms with Crippen molar-refractivity contribution in [3.63, 3.8) is 0 Å². The van der Waals surface area contributed by atoms with E-state index in [1.54, 1.807) is 18.2 Å². The summed E-state index contributed by atoms with van der Waals surface area (Å²) in [7, 11) is 0. The van der Waals surface area contributed by atoms with Crippen LogP contribution in [0.5, 0.6) is 11.5 Å². The molecule has 0 aliphatic carbocycles. The van der Waals surface area contributed by atoms with Gasteiger partial charge in [0, 0.05) is 12.1 Å². The SMILES string of the molecule is CCOc1cc(C(=S)NCCc2ccccc2)ccc1O. The predicted molar refractivity (Wildman–Crippen MR) is 89.1 cm³/mol. The molecule has 2 aromatic rings. The van der Waals surface area contributed by atoms with Gasteiger partial charge in [0.2, 0.25) is 0 Å². The van der Waals surface area contributed by atoms with Gasteiger partial charge in [-0.1, -0.05) is 42.5 Å². The van der Waals surface area contributed by atoms with Crippen LogP contribution >= 0.6 is 12.2 Å². The van der Waals surface area contributed by atoms with E-state index >= 15 is 0 Å². The minimum Gasteiger partial charge on any atom is -0.504 e. The molecule has 21 heavy (non-hydrogen) atoms. The second-order valence-electron chi connectivity index (χ2n) is 4.61. The van der Waals surface area contributed by atoms with Crippen molar-refractivity contribution in [3.05, 3.63) is 59.7 Å². The highest BCUT2D eigenvalue weighted by Gasteiger charge is 2.07. The van der Waals surface area contributed by atoms with Crippen LogP contribution in [0.3, 0.4) is 0 Å². The van der Waals surface area contributed by atoms with Gasteiger partial charge in [-0.25, -0.2) is 0 Å². The molecule has 0 spiro atoms. The zero-order chi connectivity index (χ0) is 15.1. The number of phenols is 1. The van der Waals surface area contributed by atoms with Crippen LogP contribution in [0, 0.1) is 0 Å². The first-order valence-electron chi connectivity index (χ1n) is 6.98. The molecule has 0 unspecified atom stereocenters. The number of aromatic hydroxyl groups is 1. The van der Waals surface area contributed by atoms with Crippen LogP contribution in [0.15, 0.2) is 48.5 Å². The predicted octanol–water partition coefficient (Wildman–Crippen LogP) is 3.30. The van der Waals surface area contributed by atoms with Crippen LogP contribution < -0.4 is 10.1 Å². The van der Waals surface area contributed by atoms with Crippen LogP contribution in [0.2, 0.25) is 0 Å². The molecular formula is C17H19NO2S. The fraction of sp³-hybridized carbons (Fsp3) is 0.235. The lowest BCUT2D eigenvalue weighted by Gasteiger charge is -2.11. The Kier molecular flexibility index (Phi) is 5.58. The summed E-state index contributed by atoms with van der Waals surface area (Å²) < 4.78 is 5.36. The van der Waals surface area contributed by atoms with E-state index in [1.807, 2.05) is 25.1 Å². The lowest BCUT2D eigenvalue weighted by Crippen LogP contribution is -2.24. The zero-order valence-corrected chi connectivity index (χ0v) is 12.8. The molecular weight excluding hydrogens is 282 g/mol. The van der Waals surface area contributed by atoms with E-state index in [1.165, 1.54) is 5.56 Å². The maximum absolute atomic E-state index is 9.68. The van der Waals surface area contributed by atoms with Crippen molar-refractivity contribution < 1.29 is 9.84 Å². The van der Waals surface area contributed by atoms with Gasteiger partial charge in [-0.05, 0) is 37.1 Å². The lowest BCUT2D eigenvalue weighted by molar-refractivity contribution is 0.318. The van der Waals surface area contributed by atoms with E-state index in [0.717, 1.165) is 18.5 Å². The van der Waals surface area contributed by atoms with Gasteiger partial charge in [-0.15, -0.1) is 0 Å². The number of hydrogen-bond donors (Lipinski definition) is 2. The number of hydrogen-bond acceptors (Lipinski definition) is 3. The molecule has 0 aliphatic heterocycles. The van der Waals surface area contributed by atoms with Crippen LogP contribution in [0.1, 0.15) is 18.1 Å². The van der Waals surface area contributed by atoms with E-state index in [-0.39, 0.29) is 5.75 Å². The average Bonchev–Trinajstić information content (AvgIpc) is 2.50. The molecule has 2 aromatic carbocycles. The molecule has 0 fully saturated rings. The van der Waals surface area contributed by atoms with Gasteiger partial charge in [0.1, 0.15) is 4.99 Å². The third kappa shape index (κ3) is 4.46. The third-order valence-electron chi connectivity index (χ3n) is 3.06. The van der Waals surface area contributed by atoms with E-state index in [0.29, 0.717) is 17.3 Å². The van der Waals surface area contributed by atoms with E-state index in [4.69, 9.17) is 17.0 Å². The Morgan fingerprint density at radius 1 is 1.19 bits per heavy atom. The molecule has 0 heterocycles. The molecule has 0 saturated carbocycles. The molecule has 3 nitrogen and oxygen atoms in total. The van der Waals surface area contributed by atoms with E-state index in [2.05, 4.69) is 17.4 Å². The Bertz CT molecular complexity index is 599. The molecule has 0 aromatic heterocycles. The molecule has 0 saturated heterocycles. The van der Waals surface area contributed by atoms with Crippen molar-refractivity contribution in [2.24, 2.45) is 0 Å². The van der Waals surface area contributed by atoms with Crippen molar-refractivity contribution in [2.45, 2.75) is 13.3 Å². The van der Waals surface area contributed by atoms with Crippen LogP contribution in [0.25, 0.3) is 0 Å². The Morgan fingerprint density at radius 2 is 1.95 bits per heavy atom. The van der Waals surface area contributed by atoms with Crippen LogP contribution in [-0.2, 0) is 6.42 Å². The molecule has 0 amide bonds. The largest absolute Gasteiger partial charge is 0.504 e. The minimum absolute atomic E-state index is 0.132. The van der Waals surface area contributed by atoms with Gasteiger partial charge in [-0.3, -0.25) is 0 Å². The zero-order valence-electron chi connectivity index (χ0n) is 12.0. The van der Waals surface area contributed by atoms with Crippen LogP contribution in [-0.4, -0.2) is 23.2 Å². The maximum atomic E-state index is 9.68. The van der Waals surface area contributed by atoms with Gasteiger partial charge in [0.25, 0.3) is 0 Å². The van der Waals surface area contributed by atoms with Crippen molar-refractivity contribution >= 4 is 17.2 Å². The average molecular weight is 301 g/mol. The highest BCUT2D eigenvalue weighted by Crippen LogP contribution is 2.26. The van der Waals surface area contributed by atoms with Gasteiger partial charge >= 0.3 is 0 Å². The smallest absolute Gasteiger partial charge is 0.161 e. The van der Waals surface area contributed by atoms with Gasteiger partial charge < -0.3 is 15.2 Å². The Morgan fingerprint density at radius 3 is 2.67 bits per heavy atom. The van der Waals surface area contributed by atoms with E-state index in [9.17, 15) is 5.11 Å². The standard InChI is InChI=1S/C17H19NO2S/c1-2-20-16-12-14(8-9-15(16)19)17(21)18-11-10-13-6-4-3-5-7-13/h3-9,12,19H,2,10-11H2,1H3,(H,18,21). The summed E-state index contributed by atoms with van der Waals surface area (Å²) in [6.07, 6.45) is 0.914. The minimum atomic E-state index is 0.132. The first kappa shape index (κ1) is 15.3. The summed E-state index contributed by atoms with van der Waals surface area (Å²) in [6.45, 7) is 3.15. The molecule has 0 atom stereocenters. The van der Waals surface area contributed by atoms with Gasteiger partial charge in [-0.2, -0.15) is 0 Å². The maximum Gasteiger partial charge on any atom is 0.161 e. The Hall–Kier alpha value is -2.07. The number of nitrogens with one attached hydrogen (secondary N) is 1. The molecule has 0 aliphatic rings. The van der Waals surface area contributed by atoms with Crippen molar-refractivity contribution in [1.29, 1.82) is 0 Å². The summed E-state index contributed by atoms with van der Waals surface area (Å²) >= 11 is 5.37. The normalized spacial score (nSPS) is 10.1. The number of benzene rings is 2. The number of phenolic OH excluding ortho intramolecular Hbond substituents is 1. The van der Waals surface area contributed by atoms with Crippen molar-refractivity contribution in [2.75, 3.05) is 13.2 Å². The second-order valence-corrected chi connectivity index (χ2v) is 5.02. The Labute approximate surface area is 130 Å². The fourth-order valence-electron chi connectivity index (χ4n) is 1.99. The molecule has 2 N–H and O–H groups in total. The number of rotatable bonds is 6.